The molecule has 1 unspecified atom stereocenters. The highest BCUT2D eigenvalue weighted by Gasteiger charge is 2.31. The molecular formula is C14H19N3O. The summed E-state index contributed by atoms with van der Waals surface area (Å²) in [7, 11) is 0. The van der Waals surface area contributed by atoms with Gasteiger partial charge < -0.3 is 14.8 Å². The predicted molar refractivity (Wildman–Crippen MR) is 70.7 cm³/mol. The van der Waals surface area contributed by atoms with E-state index in [0.717, 1.165) is 42.0 Å². The van der Waals surface area contributed by atoms with E-state index < -0.39 is 5.60 Å². The predicted octanol–water partition coefficient (Wildman–Crippen LogP) is 1.52. The molecule has 96 valence electrons. The van der Waals surface area contributed by atoms with Crippen molar-refractivity contribution in [1.29, 1.82) is 0 Å². The third-order valence-corrected chi connectivity index (χ3v) is 3.99. The summed E-state index contributed by atoms with van der Waals surface area (Å²) in [5.41, 5.74) is 3.36. The number of imidazole rings is 1. The average Bonchev–Trinajstić information content (AvgIpc) is 2.66. The molecule has 2 aromatic heterocycles. The van der Waals surface area contributed by atoms with E-state index in [-0.39, 0.29) is 0 Å². The van der Waals surface area contributed by atoms with Crippen molar-refractivity contribution in [3.63, 3.8) is 0 Å². The lowest BCUT2D eigenvalue weighted by atomic mass is 9.88. The normalized spacial score (nSPS) is 24.6. The maximum absolute atomic E-state index is 10.7. The molecule has 0 bridgehead atoms. The molecule has 0 spiro atoms. The molecule has 3 heterocycles. The van der Waals surface area contributed by atoms with Gasteiger partial charge in [-0.25, -0.2) is 4.98 Å². The number of aryl methyl sites for hydroxylation is 2. The molecule has 18 heavy (non-hydrogen) atoms. The Morgan fingerprint density at radius 1 is 1.39 bits per heavy atom. The third-order valence-electron chi connectivity index (χ3n) is 3.99. The van der Waals surface area contributed by atoms with Crippen molar-refractivity contribution >= 4 is 5.65 Å². The van der Waals surface area contributed by atoms with Crippen LogP contribution in [-0.2, 0) is 5.60 Å². The Hall–Kier alpha value is -1.39. The second-order valence-corrected chi connectivity index (χ2v) is 5.24. The van der Waals surface area contributed by atoms with E-state index >= 15 is 0 Å². The van der Waals surface area contributed by atoms with E-state index in [1.807, 2.05) is 25.3 Å². The number of aromatic nitrogens is 2. The first-order chi connectivity index (χ1) is 8.60. The van der Waals surface area contributed by atoms with Gasteiger partial charge in [0, 0.05) is 24.0 Å². The number of aliphatic hydroxyl groups is 1. The van der Waals surface area contributed by atoms with Crippen LogP contribution in [0.15, 0.2) is 18.3 Å². The van der Waals surface area contributed by atoms with Crippen LogP contribution >= 0.6 is 0 Å². The fourth-order valence-corrected chi connectivity index (χ4v) is 2.69. The van der Waals surface area contributed by atoms with Gasteiger partial charge in [0.2, 0.25) is 0 Å². The second kappa shape index (κ2) is 4.07. The number of pyridine rings is 1. The first kappa shape index (κ1) is 11.7. The zero-order chi connectivity index (χ0) is 12.8. The fraction of sp³-hybridized carbons (Fsp3) is 0.500. The largest absolute Gasteiger partial charge is 0.384 e. The smallest absolute Gasteiger partial charge is 0.137 e. The van der Waals surface area contributed by atoms with E-state index in [4.69, 9.17) is 0 Å². The van der Waals surface area contributed by atoms with E-state index in [2.05, 4.69) is 21.6 Å². The summed E-state index contributed by atoms with van der Waals surface area (Å²) in [4.78, 5) is 4.49. The molecule has 1 atom stereocenters. The number of hydrogen-bond donors (Lipinski definition) is 2. The molecule has 0 aromatic carbocycles. The van der Waals surface area contributed by atoms with Gasteiger partial charge >= 0.3 is 0 Å². The number of hydrogen-bond acceptors (Lipinski definition) is 3. The summed E-state index contributed by atoms with van der Waals surface area (Å²) in [6.45, 7) is 5.69. The lowest BCUT2D eigenvalue weighted by Crippen LogP contribution is -2.43. The first-order valence-corrected chi connectivity index (χ1v) is 6.49. The molecule has 0 saturated carbocycles. The molecule has 1 aliphatic rings. The summed E-state index contributed by atoms with van der Waals surface area (Å²) in [6, 6.07) is 3.98. The maximum atomic E-state index is 10.7. The van der Waals surface area contributed by atoms with E-state index in [0.29, 0.717) is 6.54 Å². The van der Waals surface area contributed by atoms with Crippen molar-refractivity contribution < 1.29 is 5.11 Å². The zero-order valence-corrected chi connectivity index (χ0v) is 10.9. The molecule has 0 aliphatic carbocycles. The summed E-state index contributed by atoms with van der Waals surface area (Å²) in [5, 5.41) is 14.0. The topological polar surface area (TPSA) is 49.6 Å². The lowest BCUT2D eigenvalue weighted by Gasteiger charge is -2.33. The Balaban J connectivity index is 2.09. The van der Waals surface area contributed by atoms with Crippen LogP contribution in [0.1, 0.15) is 29.8 Å². The van der Waals surface area contributed by atoms with Crippen LogP contribution in [-0.4, -0.2) is 27.6 Å². The van der Waals surface area contributed by atoms with Crippen LogP contribution < -0.4 is 5.32 Å². The Morgan fingerprint density at radius 2 is 2.22 bits per heavy atom. The van der Waals surface area contributed by atoms with Gasteiger partial charge in [-0.2, -0.15) is 0 Å². The van der Waals surface area contributed by atoms with Crippen molar-refractivity contribution in [2.45, 2.75) is 32.3 Å². The molecule has 1 fully saturated rings. The van der Waals surface area contributed by atoms with Crippen LogP contribution in [0.25, 0.3) is 5.65 Å². The minimum atomic E-state index is -0.739. The van der Waals surface area contributed by atoms with E-state index in [1.54, 1.807) is 0 Å². The van der Waals surface area contributed by atoms with Crippen molar-refractivity contribution in [2.75, 3.05) is 13.1 Å². The third kappa shape index (κ3) is 1.72. The monoisotopic (exact) mass is 245 g/mol. The zero-order valence-electron chi connectivity index (χ0n) is 10.9. The Morgan fingerprint density at radius 3 is 2.94 bits per heavy atom. The Labute approximate surface area is 107 Å². The van der Waals surface area contributed by atoms with Gasteiger partial charge in [0.15, 0.2) is 0 Å². The number of piperidine rings is 1. The van der Waals surface area contributed by atoms with Crippen LogP contribution in [0.5, 0.6) is 0 Å². The highest BCUT2D eigenvalue weighted by atomic mass is 16.3. The van der Waals surface area contributed by atoms with Crippen molar-refractivity contribution in [1.82, 2.24) is 14.7 Å². The van der Waals surface area contributed by atoms with Crippen molar-refractivity contribution in [3.8, 4) is 0 Å². The molecule has 3 rings (SSSR count). The molecule has 2 N–H and O–H groups in total. The number of nitrogens with one attached hydrogen (secondary N) is 1. The lowest BCUT2D eigenvalue weighted by molar-refractivity contribution is 0.0119. The van der Waals surface area contributed by atoms with Gasteiger partial charge in [-0.05, 0) is 39.3 Å². The van der Waals surface area contributed by atoms with Gasteiger partial charge in [-0.3, -0.25) is 0 Å². The van der Waals surface area contributed by atoms with Gasteiger partial charge in [0.1, 0.15) is 11.2 Å². The van der Waals surface area contributed by atoms with Crippen LogP contribution in [0.3, 0.4) is 0 Å². The standard InChI is InChI=1S/C14H19N3O/c1-10-11(2)17-8-12(4-5-13(17)16-10)14(18)6-3-7-15-9-14/h4-5,8,15,18H,3,6-7,9H2,1-2H3. The Kier molecular flexibility index (Phi) is 2.64. The van der Waals surface area contributed by atoms with Gasteiger partial charge in [0.05, 0.1) is 5.69 Å². The highest BCUT2D eigenvalue weighted by Crippen LogP contribution is 2.28. The highest BCUT2D eigenvalue weighted by molar-refractivity contribution is 5.45. The quantitative estimate of drug-likeness (QED) is 0.801. The molecule has 1 aliphatic heterocycles. The average molecular weight is 245 g/mol. The molecule has 0 radical (unpaired) electrons. The van der Waals surface area contributed by atoms with Crippen molar-refractivity contribution in [3.05, 3.63) is 35.3 Å². The number of nitrogens with zero attached hydrogens (tertiary/aromatic N) is 2. The number of β-amino-alcohol motifs (C(OH)–C–C–N with tert-alkyl or cyclic N) is 1. The minimum absolute atomic E-state index is 0.630. The number of fused-ring (bicyclic) bond motifs is 1. The van der Waals surface area contributed by atoms with E-state index in [1.165, 1.54) is 0 Å². The van der Waals surface area contributed by atoms with Crippen molar-refractivity contribution in [2.24, 2.45) is 0 Å². The molecule has 2 aromatic rings. The summed E-state index contributed by atoms with van der Waals surface area (Å²) in [6.07, 6.45) is 3.85. The van der Waals surface area contributed by atoms with Gasteiger partial charge in [0.25, 0.3) is 0 Å². The minimum Gasteiger partial charge on any atom is -0.384 e. The van der Waals surface area contributed by atoms with Gasteiger partial charge in [-0.1, -0.05) is 6.07 Å². The van der Waals surface area contributed by atoms with Crippen LogP contribution in [0, 0.1) is 13.8 Å². The van der Waals surface area contributed by atoms with Crippen LogP contribution in [0.2, 0.25) is 0 Å². The SMILES string of the molecule is Cc1nc2ccc(C3(O)CCCNC3)cn2c1C. The number of rotatable bonds is 1. The maximum Gasteiger partial charge on any atom is 0.137 e. The molecule has 4 heteroatoms. The second-order valence-electron chi connectivity index (χ2n) is 5.24. The summed E-state index contributed by atoms with van der Waals surface area (Å²) in [5.74, 6) is 0. The van der Waals surface area contributed by atoms with Crippen LogP contribution in [0.4, 0.5) is 0 Å². The van der Waals surface area contributed by atoms with E-state index in [9.17, 15) is 5.11 Å². The van der Waals surface area contributed by atoms with Gasteiger partial charge in [-0.15, -0.1) is 0 Å². The molecular weight excluding hydrogens is 226 g/mol. The Bertz CT molecular complexity index is 582. The molecule has 0 amide bonds. The first-order valence-electron chi connectivity index (χ1n) is 6.49. The summed E-state index contributed by atoms with van der Waals surface area (Å²) < 4.78 is 2.07. The fourth-order valence-electron chi connectivity index (χ4n) is 2.69. The summed E-state index contributed by atoms with van der Waals surface area (Å²) >= 11 is 0. The molecule has 1 saturated heterocycles. The molecule has 4 nitrogen and oxygen atoms in total.